The number of halogens is 1. The molecule has 1 aromatic carbocycles. The summed E-state index contributed by atoms with van der Waals surface area (Å²) in [5.41, 5.74) is 0.395. The van der Waals surface area contributed by atoms with Crippen molar-refractivity contribution >= 4 is 48.3 Å². The molecule has 2 N–H and O–H groups in total. The van der Waals surface area contributed by atoms with E-state index >= 15 is 0 Å². The van der Waals surface area contributed by atoms with Crippen LogP contribution >= 0.6 is 22.9 Å². The summed E-state index contributed by atoms with van der Waals surface area (Å²) in [7, 11) is 1.67. The second-order valence-electron chi connectivity index (χ2n) is 8.11. The molecular weight excluding hydrogens is 448 g/mol. The second kappa shape index (κ2) is 8.85. The lowest BCUT2D eigenvalue weighted by molar-refractivity contribution is 0.00563. The van der Waals surface area contributed by atoms with E-state index in [4.69, 9.17) is 21.1 Å². The van der Waals surface area contributed by atoms with Crippen LogP contribution < -0.4 is 10.0 Å². The number of thiazole rings is 1. The van der Waals surface area contributed by atoms with E-state index in [0.29, 0.717) is 35.9 Å². The maximum absolute atomic E-state index is 13.3. The monoisotopic (exact) mass is 474 g/mol. The number of aromatic nitrogens is 1. The molecule has 2 atom stereocenters. The highest BCUT2D eigenvalue weighted by atomic mass is 35.5. The van der Waals surface area contributed by atoms with E-state index < -0.39 is 10.0 Å². The normalized spacial score (nSPS) is 27.0. The van der Waals surface area contributed by atoms with E-state index in [9.17, 15) is 8.42 Å². The first-order valence-corrected chi connectivity index (χ1v) is 12.6. The molecule has 0 amide bonds. The number of likely N-dealkylation sites (N-methyl/N-ethyl adjacent to an activating group) is 1. The summed E-state index contributed by atoms with van der Waals surface area (Å²) < 4.78 is 40.9. The van der Waals surface area contributed by atoms with Crippen LogP contribution in [-0.4, -0.2) is 77.5 Å². The van der Waals surface area contributed by atoms with Crippen LogP contribution in [0.15, 0.2) is 17.0 Å². The van der Waals surface area contributed by atoms with Crippen molar-refractivity contribution in [3.8, 4) is 0 Å². The predicted octanol–water partition coefficient (Wildman–Crippen LogP) is 2.39. The standard InChI is InChI=1S/C19H27ClN4O4S2/c1-24(2)15-10-28-9-14(15)23-30(25,26)18-13(20)4-5-16-17(18)22-19(29-16)21-8-11-6-12(7-11)27-3/h4-5,11-12,14-15,23H,6-10H2,1-3H3,(H,21,22)/t11?,12?,14-,15-/m1/s1. The minimum atomic E-state index is -3.88. The fourth-order valence-electron chi connectivity index (χ4n) is 3.96. The Hall–Kier alpha value is -1.01. The molecule has 166 valence electrons. The Labute approximate surface area is 185 Å². The lowest BCUT2D eigenvalue weighted by atomic mass is 9.82. The molecule has 2 aromatic rings. The van der Waals surface area contributed by atoms with E-state index in [1.807, 2.05) is 25.1 Å². The van der Waals surface area contributed by atoms with Crippen LogP contribution in [0.2, 0.25) is 5.02 Å². The number of benzene rings is 1. The summed E-state index contributed by atoms with van der Waals surface area (Å²) in [6, 6.07) is 3.04. The summed E-state index contributed by atoms with van der Waals surface area (Å²) in [6.07, 6.45) is 2.40. The summed E-state index contributed by atoms with van der Waals surface area (Å²) >= 11 is 7.77. The molecule has 1 aliphatic heterocycles. The maximum atomic E-state index is 13.3. The van der Waals surface area contributed by atoms with Crippen LogP contribution in [0.25, 0.3) is 10.2 Å². The van der Waals surface area contributed by atoms with Crippen molar-refractivity contribution in [3.05, 3.63) is 17.2 Å². The van der Waals surface area contributed by atoms with Gasteiger partial charge in [-0.2, -0.15) is 0 Å². The van der Waals surface area contributed by atoms with Crippen molar-refractivity contribution in [1.82, 2.24) is 14.6 Å². The maximum Gasteiger partial charge on any atom is 0.244 e. The molecule has 0 radical (unpaired) electrons. The Bertz CT molecular complexity index is 1010. The molecule has 30 heavy (non-hydrogen) atoms. The van der Waals surface area contributed by atoms with Crippen LogP contribution in [-0.2, 0) is 19.5 Å². The second-order valence-corrected chi connectivity index (χ2v) is 11.2. The minimum absolute atomic E-state index is 0.0264. The van der Waals surface area contributed by atoms with Gasteiger partial charge in [-0.05, 0) is 45.0 Å². The summed E-state index contributed by atoms with van der Waals surface area (Å²) in [4.78, 5) is 6.56. The molecule has 0 spiro atoms. The average molecular weight is 475 g/mol. The van der Waals surface area contributed by atoms with Gasteiger partial charge >= 0.3 is 0 Å². The van der Waals surface area contributed by atoms with Crippen molar-refractivity contribution in [1.29, 1.82) is 0 Å². The molecule has 0 bridgehead atoms. The molecule has 11 heteroatoms. The number of rotatable bonds is 8. The van der Waals surface area contributed by atoms with E-state index in [0.717, 1.165) is 24.1 Å². The van der Waals surface area contributed by atoms with Gasteiger partial charge < -0.3 is 19.7 Å². The number of methoxy groups -OCH3 is 1. The number of nitrogens with zero attached hydrogens (tertiary/aromatic N) is 2. The molecular formula is C19H27ClN4O4S2. The number of fused-ring (bicyclic) bond motifs is 1. The van der Waals surface area contributed by atoms with Crippen LogP contribution in [0.3, 0.4) is 0 Å². The van der Waals surface area contributed by atoms with Gasteiger partial charge in [-0.1, -0.05) is 22.9 Å². The van der Waals surface area contributed by atoms with Gasteiger partial charge in [0.1, 0.15) is 10.4 Å². The Morgan fingerprint density at radius 2 is 2.10 bits per heavy atom. The number of ether oxygens (including phenoxy) is 2. The summed E-state index contributed by atoms with van der Waals surface area (Å²) in [6.45, 7) is 1.59. The smallest absolute Gasteiger partial charge is 0.244 e. The van der Waals surface area contributed by atoms with Crippen molar-refractivity contribution in [2.75, 3.05) is 46.3 Å². The zero-order valence-electron chi connectivity index (χ0n) is 17.2. The largest absolute Gasteiger partial charge is 0.381 e. The van der Waals surface area contributed by atoms with Crippen LogP contribution in [0.5, 0.6) is 0 Å². The van der Waals surface area contributed by atoms with Crippen molar-refractivity contribution in [3.63, 3.8) is 0 Å². The molecule has 0 unspecified atom stereocenters. The Kier molecular flexibility index (Phi) is 6.55. The van der Waals surface area contributed by atoms with E-state index in [1.54, 1.807) is 13.2 Å². The van der Waals surface area contributed by atoms with E-state index in [1.165, 1.54) is 11.3 Å². The first-order valence-electron chi connectivity index (χ1n) is 9.90. The molecule has 4 rings (SSSR count). The fraction of sp³-hybridized carbons (Fsp3) is 0.632. The molecule has 1 saturated carbocycles. The average Bonchev–Trinajstić information content (AvgIpc) is 3.26. The number of anilines is 1. The molecule has 1 aliphatic carbocycles. The topological polar surface area (TPSA) is 92.8 Å². The highest BCUT2D eigenvalue weighted by molar-refractivity contribution is 7.90. The third-order valence-corrected chi connectivity index (χ3v) is 8.79. The van der Waals surface area contributed by atoms with Crippen molar-refractivity contribution in [2.24, 2.45) is 5.92 Å². The van der Waals surface area contributed by atoms with Gasteiger partial charge in [-0.15, -0.1) is 0 Å². The lowest BCUT2D eigenvalue weighted by Crippen LogP contribution is -2.48. The first kappa shape index (κ1) is 22.2. The van der Waals surface area contributed by atoms with Gasteiger partial charge in [0, 0.05) is 13.7 Å². The van der Waals surface area contributed by atoms with Gasteiger partial charge in [0.2, 0.25) is 10.0 Å². The lowest BCUT2D eigenvalue weighted by Gasteiger charge is -2.34. The molecule has 1 saturated heterocycles. The third kappa shape index (κ3) is 4.45. The Morgan fingerprint density at radius 1 is 1.33 bits per heavy atom. The minimum Gasteiger partial charge on any atom is -0.381 e. The number of nitrogens with one attached hydrogen (secondary N) is 2. The fourth-order valence-corrected chi connectivity index (χ4v) is 6.84. The molecule has 1 aromatic heterocycles. The van der Waals surface area contributed by atoms with Gasteiger partial charge in [-0.3, -0.25) is 0 Å². The van der Waals surface area contributed by atoms with Crippen molar-refractivity contribution in [2.45, 2.75) is 35.9 Å². The van der Waals surface area contributed by atoms with E-state index in [-0.39, 0.29) is 22.0 Å². The quantitative estimate of drug-likeness (QED) is 0.606. The highest BCUT2D eigenvalue weighted by Crippen LogP contribution is 2.36. The van der Waals surface area contributed by atoms with Gasteiger partial charge in [-0.25, -0.2) is 18.1 Å². The highest BCUT2D eigenvalue weighted by Gasteiger charge is 2.35. The summed E-state index contributed by atoms with van der Waals surface area (Å²) in [5.74, 6) is 0.542. The molecule has 2 heterocycles. The Morgan fingerprint density at radius 3 is 2.80 bits per heavy atom. The third-order valence-electron chi connectivity index (χ3n) is 5.82. The van der Waals surface area contributed by atoms with Gasteiger partial charge in [0.15, 0.2) is 5.13 Å². The van der Waals surface area contributed by atoms with Gasteiger partial charge in [0.25, 0.3) is 0 Å². The Balaban J connectivity index is 1.55. The molecule has 2 aliphatic rings. The molecule has 2 fully saturated rings. The first-order chi connectivity index (χ1) is 14.3. The zero-order chi connectivity index (χ0) is 21.5. The number of sulfonamides is 1. The summed E-state index contributed by atoms with van der Waals surface area (Å²) in [5, 5.41) is 4.20. The SMILES string of the molecule is COC1CC(CNc2nc3c(S(=O)(=O)N[C@@H]4COC[C@H]4N(C)C)c(Cl)ccc3s2)C1. The van der Waals surface area contributed by atoms with Crippen molar-refractivity contribution < 1.29 is 17.9 Å². The van der Waals surface area contributed by atoms with Crippen LogP contribution in [0.1, 0.15) is 12.8 Å². The van der Waals surface area contributed by atoms with Crippen LogP contribution in [0, 0.1) is 5.92 Å². The van der Waals surface area contributed by atoms with Crippen LogP contribution in [0.4, 0.5) is 5.13 Å². The molecule has 8 nitrogen and oxygen atoms in total. The zero-order valence-corrected chi connectivity index (χ0v) is 19.6. The van der Waals surface area contributed by atoms with E-state index in [2.05, 4.69) is 15.0 Å². The number of hydrogen-bond donors (Lipinski definition) is 2. The predicted molar refractivity (Wildman–Crippen MR) is 119 cm³/mol. The number of hydrogen-bond acceptors (Lipinski definition) is 8. The van der Waals surface area contributed by atoms with Gasteiger partial charge in [0.05, 0.1) is 41.1 Å².